The van der Waals surface area contributed by atoms with Gasteiger partial charge in [-0.2, -0.15) is 4.99 Å². The van der Waals surface area contributed by atoms with E-state index in [0.717, 1.165) is 27.8 Å². The fourth-order valence-electron chi connectivity index (χ4n) is 4.12. The molecule has 0 aliphatic carbocycles. The van der Waals surface area contributed by atoms with E-state index in [1.54, 1.807) is 36.4 Å². The second kappa shape index (κ2) is 11.4. The fraction of sp³-hybridized carbons (Fsp3) is 0.100. The van der Waals surface area contributed by atoms with Crippen LogP contribution >= 0.6 is 11.8 Å². The Kier molecular flexibility index (Phi) is 7.72. The Balaban J connectivity index is 1.26. The minimum Gasteiger partial charge on any atom is -0.367 e. The molecule has 5 rings (SSSR count). The van der Waals surface area contributed by atoms with Crippen molar-refractivity contribution in [3.63, 3.8) is 0 Å². The number of aromatic amines is 1. The molecule has 2 heterocycles. The zero-order valence-corrected chi connectivity index (χ0v) is 23.4. The smallest absolute Gasteiger partial charge is 0.286 e. The third-order valence-corrected chi connectivity index (χ3v) is 8.56. The molecule has 1 aliphatic heterocycles. The molecule has 1 aliphatic rings. The number of sulfonamides is 1. The van der Waals surface area contributed by atoms with Crippen molar-refractivity contribution in [1.82, 2.24) is 9.71 Å². The van der Waals surface area contributed by atoms with Crippen LogP contribution in [-0.4, -0.2) is 30.4 Å². The van der Waals surface area contributed by atoms with Crippen molar-refractivity contribution in [3.05, 3.63) is 124 Å². The molecule has 3 N–H and O–H groups in total. The van der Waals surface area contributed by atoms with Gasteiger partial charge in [0.15, 0.2) is 5.17 Å². The third kappa shape index (κ3) is 6.24. The number of hydrogen-bond acceptors (Lipinski definition) is 6. The average molecular weight is 571 g/mol. The van der Waals surface area contributed by atoms with Gasteiger partial charge in [0, 0.05) is 29.2 Å². The summed E-state index contributed by atoms with van der Waals surface area (Å²) in [4.78, 5) is 33.2. The zero-order chi connectivity index (χ0) is 28.3. The Bertz CT molecular complexity index is 1720. The van der Waals surface area contributed by atoms with Crippen molar-refractivity contribution in [2.45, 2.75) is 25.2 Å². The van der Waals surface area contributed by atoms with Crippen LogP contribution in [0.2, 0.25) is 0 Å². The molecule has 2 amide bonds. The van der Waals surface area contributed by atoms with Crippen LogP contribution in [0.15, 0.2) is 106 Å². The second-order valence-corrected chi connectivity index (χ2v) is 12.0. The standard InChI is InChI=1S/C30H26N4O4S2/c1-19-3-9-22(10-4-19)27(23-15-16-31-18-23)28-29(36)33-30(39-28)32-24-11-7-21(8-12-24)17-26(35)34-40(37,38)25-13-5-20(2)6-14-25/h3-16,18,31H,17H2,1-2H3,(H,34,35)(H,32,33,36). The lowest BCUT2D eigenvalue weighted by molar-refractivity contribution is -0.118. The molecule has 0 fully saturated rings. The molecule has 0 bridgehead atoms. The summed E-state index contributed by atoms with van der Waals surface area (Å²) in [6.07, 6.45) is 3.55. The van der Waals surface area contributed by atoms with E-state index in [-0.39, 0.29) is 17.2 Å². The van der Waals surface area contributed by atoms with E-state index in [2.05, 4.69) is 20.0 Å². The number of nitrogens with one attached hydrogen (secondary N) is 3. The van der Waals surface area contributed by atoms with Gasteiger partial charge in [-0.3, -0.25) is 9.59 Å². The maximum Gasteiger partial charge on any atom is 0.286 e. The van der Waals surface area contributed by atoms with Crippen LogP contribution in [0.25, 0.3) is 5.57 Å². The monoisotopic (exact) mass is 570 g/mol. The maximum atomic E-state index is 13.0. The van der Waals surface area contributed by atoms with Crippen LogP contribution < -0.4 is 10.0 Å². The SMILES string of the molecule is Cc1ccc(C(=C2SC(Nc3ccc(CC(=O)NS(=O)(=O)c4ccc(C)cc4)cc3)=NC2=O)c2cc[nH]c2)cc1. The number of anilines is 1. The molecule has 40 heavy (non-hydrogen) atoms. The first-order chi connectivity index (χ1) is 19.2. The molecule has 0 saturated heterocycles. The normalized spacial score (nSPS) is 14.6. The maximum absolute atomic E-state index is 13.0. The number of benzene rings is 3. The molecule has 10 heteroatoms. The molecule has 0 unspecified atom stereocenters. The highest BCUT2D eigenvalue weighted by atomic mass is 32.2. The highest BCUT2D eigenvalue weighted by Gasteiger charge is 2.27. The minimum atomic E-state index is -3.95. The second-order valence-electron chi connectivity index (χ2n) is 9.33. The molecule has 8 nitrogen and oxygen atoms in total. The summed E-state index contributed by atoms with van der Waals surface area (Å²) in [6.45, 7) is 3.86. The number of carbonyl (C=O) groups excluding carboxylic acids is 2. The lowest BCUT2D eigenvalue weighted by Gasteiger charge is -2.10. The van der Waals surface area contributed by atoms with Crippen molar-refractivity contribution in [2.24, 2.45) is 4.99 Å². The molecule has 0 atom stereocenters. The van der Waals surface area contributed by atoms with Gasteiger partial charge in [-0.15, -0.1) is 0 Å². The molecule has 0 spiro atoms. The van der Waals surface area contributed by atoms with Crippen LogP contribution in [0, 0.1) is 13.8 Å². The number of aryl methyl sites for hydroxylation is 2. The Morgan fingerprint density at radius 2 is 1.52 bits per heavy atom. The first-order valence-corrected chi connectivity index (χ1v) is 14.7. The lowest BCUT2D eigenvalue weighted by atomic mass is 9.98. The number of nitrogens with zero attached hydrogens (tertiary/aromatic N) is 1. The summed E-state index contributed by atoms with van der Waals surface area (Å²) in [5, 5.41) is 3.60. The fourth-order valence-corrected chi connectivity index (χ4v) is 6.07. The summed E-state index contributed by atoms with van der Waals surface area (Å²) in [6, 6.07) is 23.1. The van der Waals surface area contributed by atoms with E-state index in [1.807, 2.05) is 56.6 Å². The Morgan fingerprint density at radius 3 is 2.15 bits per heavy atom. The molecular weight excluding hydrogens is 544 g/mol. The summed E-state index contributed by atoms with van der Waals surface area (Å²) < 4.78 is 27.1. The van der Waals surface area contributed by atoms with Crippen molar-refractivity contribution < 1.29 is 18.0 Å². The quantitative estimate of drug-likeness (QED) is 0.263. The Hall–Kier alpha value is -4.41. The van der Waals surface area contributed by atoms with Gasteiger partial charge < -0.3 is 10.3 Å². The van der Waals surface area contributed by atoms with Gasteiger partial charge in [0.25, 0.3) is 15.9 Å². The van der Waals surface area contributed by atoms with Crippen LogP contribution in [0.5, 0.6) is 0 Å². The predicted molar refractivity (Wildman–Crippen MR) is 158 cm³/mol. The first kappa shape index (κ1) is 27.2. The van der Waals surface area contributed by atoms with Gasteiger partial charge in [-0.25, -0.2) is 13.1 Å². The Labute approximate surface area is 236 Å². The summed E-state index contributed by atoms with van der Waals surface area (Å²) in [5.74, 6) is -0.960. The van der Waals surface area contributed by atoms with Gasteiger partial charge in [0.05, 0.1) is 16.2 Å². The average Bonchev–Trinajstić information content (AvgIpc) is 3.57. The number of aromatic nitrogens is 1. The molecule has 0 radical (unpaired) electrons. The highest BCUT2D eigenvalue weighted by Crippen LogP contribution is 2.37. The lowest BCUT2D eigenvalue weighted by Crippen LogP contribution is -2.31. The first-order valence-electron chi connectivity index (χ1n) is 12.4. The number of H-pyrrole nitrogens is 1. The molecule has 1 aromatic heterocycles. The van der Waals surface area contributed by atoms with Gasteiger partial charge in [-0.1, -0.05) is 59.7 Å². The van der Waals surface area contributed by atoms with E-state index in [4.69, 9.17) is 0 Å². The number of aliphatic imine (C=N–C) groups is 1. The summed E-state index contributed by atoms with van der Waals surface area (Å²) in [5.41, 5.74) is 5.97. The number of carbonyl (C=O) groups is 2. The number of hydrogen-bond donors (Lipinski definition) is 3. The third-order valence-electron chi connectivity index (χ3n) is 6.20. The van der Waals surface area contributed by atoms with Gasteiger partial charge in [0.1, 0.15) is 0 Å². The number of amides is 2. The predicted octanol–water partition coefficient (Wildman–Crippen LogP) is 5.18. The van der Waals surface area contributed by atoms with Crippen LogP contribution in [-0.2, 0) is 26.0 Å². The van der Waals surface area contributed by atoms with E-state index in [0.29, 0.717) is 21.3 Å². The van der Waals surface area contributed by atoms with Gasteiger partial charge in [0.2, 0.25) is 5.91 Å². The number of rotatable bonds is 7. The summed E-state index contributed by atoms with van der Waals surface area (Å²) in [7, 11) is -3.95. The van der Waals surface area contributed by atoms with E-state index >= 15 is 0 Å². The van der Waals surface area contributed by atoms with Gasteiger partial charge >= 0.3 is 0 Å². The largest absolute Gasteiger partial charge is 0.367 e. The minimum absolute atomic E-state index is 0.0332. The van der Waals surface area contributed by atoms with Crippen LogP contribution in [0.1, 0.15) is 27.8 Å². The molecule has 202 valence electrons. The van der Waals surface area contributed by atoms with E-state index in [9.17, 15) is 18.0 Å². The molecular formula is C30H26N4O4S2. The van der Waals surface area contributed by atoms with Crippen molar-refractivity contribution in [1.29, 1.82) is 0 Å². The van der Waals surface area contributed by atoms with Crippen LogP contribution in [0.3, 0.4) is 0 Å². The van der Waals surface area contributed by atoms with Crippen LogP contribution in [0.4, 0.5) is 5.69 Å². The number of amidine groups is 1. The topological polar surface area (TPSA) is 120 Å². The Morgan fingerprint density at radius 1 is 0.875 bits per heavy atom. The molecule has 0 saturated carbocycles. The van der Waals surface area contributed by atoms with Crippen molar-refractivity contribution in [2.75, 3.05) is 5.32 Å². The molecule has 4 aromatic rings. The van der Waals surface area contributed by atoms with Crippen molar-refractivity contribution in [3.8, 4) is 0 Å². The summed E-state index contributed by atoms with van der Waals surface area (Å²) >= 11 is 1.26. The highest BCUT2D eigenvalue weighted by molar-refractivity contribution is 8.19. The van der Waals surface area contributed by atoms with E-state index in [1.165, 1.54) is 23.9 Å². The zero-order valence-electron chi connectivity index (χ0n) is 21.8. The van der Waals surface area contributed by atoms with E-state index < -0.39 is 15.9 Å². The molecule has 3 aromatic carbocycles. The number of thioether (sulfide) groups is 1. The van der Waals surface area contributed by atoms with Gasteiger partial charge in [-0.05, 0) is 67.1 Å². The van der Waals surface area contributed by atoms with Crippen molar-refractivity contribution >= 4 is 50.0 Å².